The molecular formula is C40H36BrCl3F3N. The van der Waals surface area contributed by atoms with Crippen LogP contribution in [0.15, 0.2) is 127 Å². The van der Waals surface area contributed by atoms with Gasteiger partial charge in [-0.25, -0.2) is 0 Å². The van der Waals surface area contributed by atoms with Crippen molar-refractivity contribution in [3.8, 4) is 22.3 Å². The SMILES string of the molecule is Cl.Clc1ccccc1-c1ccc(CCBr)cc1.FC(F)(F)c1cccc(C2=CCN(CCc3ccc(-c4ccccc4Cl)cc3)CC2)c1. The van der Waals surface area contributed by atoms with Gasteiger partial charge in [-0.15, -0.1) is 12.4 Å². The molecule has 1 aliphatic rings. The Kier molecular flexibility index (Phi) is 14.2. The molecule has 1 heterocycles. The van der Waals surface area contributed by atoms with E-state index in [1.807, 2.05) is 48.5 Å². The third-order valence-corrected chi connectivity index (χ3v) is 9.29. The molecule has 0 aromatic heterocycles. The standard InChI is InChI=1S/C26H23ClF3N.C14H12BrCl.ClH/c27-25-7-2-1-6-24(25)21-10-8-19(9-11-21)12-15-31-16-13-20(14-17-31)22-4-3-5-23(18-22)26(28,29)30;15-10-9-11-5-7-12(8-6-11)13-3-1-2-4-14(13)16;/h1-11,13,18H,12,14-17H2;1-8H,9-10H2;1H. The van der Waals surface area contributed by atoms with Gasteiger partial charge in [0.25, 0.3) is 0 Å². The van der Waals surface area contributed by atoms with Crippen LogP contribution < -0.4 is 0 Å². The highest BCUT2D eigenvalue weighted by atomic mass is 79.9. The number of alkyl halides is 4. The van der Waals surface area contributed by atoms with Crippen molar-refractivity contribution < 1.29 is 13.2 Å². The molecule has 0 N–H and O–H groups in total. The molecule has 6 rings (SSSR count). The van der Waals surface area contributed by atoms with E-state index < -0.39 is 11.7 Å². The van der Waals surface area contributed by atoms with Gasteiger partial charge in [0.1, 0.15) is 0 Å². The summed E-state index contributed by atoms with van der Waals surface area (Å²) in [6, 6.07) is 38.4. The number of halogens is 7. The molecule has 48 heavy (non-hydrogen) atoms. The highest BCUT2D eigenvalue weighted by Gasteiger charge is 2.30. The predicted molar refractivity (Wildman–Crippen MR) is 203 cm³/mol. The molecule has 5 aromatic carbocycles. The van der Waals surface area contributed by atoms with E-state index in [0.29, 0.717) is 5.56 Å². The van der Waals surface area contributed by atoms with Crippen molar-refractivity contribution in [1.82, 2.24) is 4.90 Å². The number of hydrogen-bond donors (Lipinski definition) is 0. The van der Waals surface area contributed by atoms with E-state index in [4.69, 9.17) is 23.2 Å². The quantitative estimate of drug-likeness (QED) is 0.142. The van der Waals surface area contributed by atoms with E-state index in [9.17, 15) is 13.2 Å². The Labute approximate surface area is 306 Å². The molecule has 0 spiro atoms. The maximum absolute atomic E-state index is 13.0. The van der Waals surface area contributed by atoms with Crippen molar-refractivity contribution in [3.63, 3.8) is 0 Å². The van der Waals surface area contributed by atoms with Crippen LogP contribution in [0.25, 0.3) is 27.8 Å². The summed E-state index contributed by atoms with van der Waals surface area (Å²) in [6.45, 7) is 2.51. The van der Waals surface area contributed by atoms with Crippen molar-refractivity contribution in [3.05, 3.63) is 160 Å². The second-order valence-corrected chi connectivity index (χ2v) is 13.0. The second kappa shape index (κ2) is 18.1. The van der Waals surface area contributed by atoms with Gasteiger partial charge in [0.05, 0.1) is 5.56 Å². The Morgan fingerprint density at radius 2 is 1.19 bits per heavy atom. The van der Waals surface area contributed by atoms with Crippen LogP contribution in [0.5, 0.6) is 0 Å². The van der Waals surface area contributed by atoms with Crippen molar-refractivity contribution in [2.75, 3.05) is 25.0 Å². The van der Waals surface area contributed by atoms with Gasteiger partial charge in [-0.3, -0.25) is 4.90 Å². The van der Waals surface area contributed by atoms with Crippen LogP contribution in [0.2, 0.25) is 10.0 Å². The van der Waals surface area contributed by atoms with Crippen LogP contribution in [-0.4, -0.2) is 29.9 Å². The van der Waals surface area contributed by atoms with E-state index in [1.165, 1.54) is 28.8 Å². The van der Waals surface area contributed by atoms with Crippen molar-refractivity contribution >= 4 is 57.1 Å². The summed E-state index contributed by atoms with van der Waals surface area (Å²) < 4.78 is 38.9. The summed E-state index contributed by atoms with van der Waals surface area (Å²) >= 11 is 15.9. The number of rotatable bonds is 8. The largest absolute Gasteiger partial charge is 0.416 e. The smallest absolute Gasteiger partial charge is 0.299 e. The topological polar surface area (TPSA) is 3.24 Å². The molecule has 0 saturated carbocycles. The fraction of sp³-hybridized carbons (Fsp3) is 0.200. The first kappa shape index (κ1) is 37.8. The van der Waals surface area contributed by atoms with Crippen molar-refractivity contribution in [1.29, 1.82) is 0 Å². The molecule has 0 saturated heterocycles. The lowest BCUT2D eigenvalue weighted by molar-refractivity contribution is -0.137. The molecule has 0 amide bonds. The number of benzene rings is 5. The Hall–Kier alpha value is -3.06. The van der Waals surface area contributed by atoms with Gasteiger partial charge in [-0.1, -0.05) is 142 Å². The summed E-state index contributed by atoms with van der Waals surface area (Å²) in [5.41, 5.74) is 8.05. The highest BCUT2D eigenvalue weighted by molar-refractivity contribution is 9.09. The average Bonchev–Trinajstić information content (AvgIpc) is 3.09. The molecule has 250 valence electrons. The van der Waals surface area contributed by atoms with Gasteiger partial charge < -0.3 is 0 Å². The normalized spacial score (nSPS) is 13.2. The van der Waals surface area contributed by atoms with Crippen LogP contribution in [-0.2, 0) is 19.0 Å². The van der Waals surface area contributed by atoms with Gasteiger partial charge in [0.2, 0.25) is 0 Å². The third kappa shape index (κ3) is 10.5. The van der Waals surface area contributed by atoms with E-state index in [1.54, 1.807) is 6.07 Å². The Morgan fingerprint density at radius 1 is 0.646 bits per heavy atom. The van der Waals surface area contributed by atoms with E-state index >= 15 is 0 Å². The minimum Gasteiger partial charge on any atom is -0.299 e. The van der Waals surface area contributed by atoms with Crippen LogP contribution in [0, 0.1) is 0 Å². The lowest BCUT2D eigenvalue weighted by Crippen LogP contribution is -2.30. The minimum atomic E-state index is -4.31. The fourth-order valence-corrected chi connectivity index (χ4v) is 6.51. The first-order chi connectivity index (χ1) is 22.7. The van der Waals surface area contributed by atoms with E-state index in [0.717, 1.165) is 82.6 Å². The van der Waals surface area contributed by atoms with Gasteiger partial charge in [0, 0.05) is 46.1 Å². The molecule has 0 aliphatic carbocycles. The average molecular weight is 774 g/mol. The zero-order valence-electron chi connectivity index (χ0n) is 26.2. The Bertz CT molecular complexity index is 1790. The zero-order valence-corrected chi connectivity index (χ0v) is 30.1. The molecule has 1 aliphatic heterocycles. The lowest BCUT2D eigenvalue weighted by Gasteiger charge is -2.26. The summed E-state index contributed by atoms with van der Waals surface area (Å²) in [7, 11) is 0. The number of aryl methyl sites for hydroxylation is 1. The maximum atomic E-state index is 13.0. The van der Waals surface area contributed by atoms with Crippen LogP contribution >= 0.6 is 51.5 Å². The first-order valence-corrected chi connectivity index (χ1v) is 17.4. The van der Waals surface area contributed by atoms with Gasteiger partial charge in [-0.2, -0.15) is 13.2 Å². The van der Waals surface area contributed by atoms with E-state index in [2.05, 4.69) is 75.4 Å². The summed E-state index contributed by atoms with van der Waals surface area (Å²) in [5, 5.41) is 2.54. The number of nitrogens with zero attached hydrogens (tertiary/aromatic N) is 1. The van der Waals surface area contributed by atoms with E-state index in [-0.39, 0.29) is 12.4 Å². The van der Waals surface area contributed by atoms with Crippen molar-refractivity contribution in [2.45, 2.75) is 25.4 Å². The molecule has 0 fully saturated rings. The molecular weight excluding hydrogens is 738 g/mol. The van der Waals surface area contributed by atoms with Crippen LogP contribution in [0.4, 0.5) is 13.2 Å². The highest BCUT2D eigenvalue weighted by Crippen LogP contribution is 2.33. The molecule has 0 bridgehead atoms. The minimum absolute atomic E-state index is 0. The van der Waals surface area contributed by atoms with Gasteiger partial charge >= 0.3 is 6.18 Å². The van der Waals surface area contributed by atoms with Gasteiger partial charge in [0.15, 0.2) is 0 Å². The molecule has 0 atom stereocenters. The fourth-order valence-electron chi connectivity index (χ4n) is 5.56. The van der Waals surface area contributed by atoms with Crippen molar-refractivity contribution in [2.24, 2.45) is 0 Å². The monoisotopic (exact) mass is 771 g/mol. The predicted octanol–water partition coefficient (Wildman–Crippen LogP) is 12.7. The molecule has 8 heteroatoms. The lowest BCUT2D eigenvalue weighted by atomic mass is 9.97. The third-order valence-electron chi connectivity index (χ3n) is 8.23. The Morgan fingerprint density at radius 3 is 1.67 bits per heavy atom. The first-order valence-electron chi connectivity index (χ1n) is 15.5. The molecule has 5 aromatic rings. The Balaban J connectivity index is 0.000000258. The second-order valence-electron chi connectivity index (χ2n) is 11.4. The summed E-state index contributed by atoms with van der Waals surface area (Å²) in [5.74, 6) is 0. The summed E-state index contributed by atoms with van der Waals surface area (Å²) in [4.78, 5) is 2.33. The van der Waals surface area contributed by atoms with Crippen LogP contribution in [0.3, 0.4) is 0 Å². The van der Waals surface area contributed by atoms with Gasteiger partial charge in [-0.05, 0) is 76.9 Å². The summed E-state index contributed by atoms with van der Waals surface area (Å²) in [6.07, 6.45) is 0.489. The molecule has 0 radical (unpaired) electrons. The zero-order chi connectivity index (χ0) is 33.2. The molecule has 0 unspecified atom stereocenters. The van der Waals surface area contributed by atoms with Crippen LogP contribution in [0.1, 0.15) is 28.7 Å². The number of hydrogen-bond acceptors (Lipinski definition) is 1. The molecule has 1 nitrogen and oxygen atoms in total. The maximum Gasteiger partial charge on any atom is 0.416 e.